The Balaban J connectivity index is 1.54. The number of rotatable bonds is 2. The zero-order valence-corrected chi connectivity index (χ0v) is 19.4. The highest BCUT2D eigenvalue weighted by Gasteiger charge is 2.28. The van der Waals surface area contributed by atoms with Gasteiger partial charge in [0.1, 0.15) is 0 Å². The van der Waals surface area contributed by atoms with Crippen molar-refractivity contribution in [1.29, 1.82) is 0 Å². The summed E-state index contributed by atoms with van der Waals surface area (Å²) < 4.78 is 5.59. The van der Waals surface area contributed by atoms with E-state index in [1.807, 2.05) is 0 Å². The molecule has 2 saturated carbocycles. The fourth-order valence-electron chi connectivity index (χ4n) is 7.55. The van der Waals surface area contributed by atoms with Crippen molar-refractivity contribution < 1.29 is 0 Å². The molecule has 0 spiro atoms. The molecule has 0 amide bonds. The summed E-state index contributed by atoms with van der Waals surface area (Å²) >= 11 is 0. The zero-order valence-electron chi connectivity index (χ0n) is 19.4. The lowest BCUT2D eigenvalue weighted by Gasteiger charge is -2.28. The van der Waals surface area contributed by atoms with Crippen LogP contribution < -0.4 is 0 Å². The molecule has 0 N–H and O–H groups in total. The number of fused-ring (bicyclic) bond motifs is 6. The molecule has 0 saturated heterocycles. The van der Waals surface area contributed by atoms with Gasteiger partial charge in [-0.25, -0.2) is 0 Å². The van der Waals surface area contributed by atoms with E-state index in [0.717, 1.165) is 6.04 Å². The van der Waals surface area contributed by atoms with E-state index in [1.165, 1.54) is 112 Å². The minimum Gasteiger partial charge on any atom is -0.341 e. The van der Waals surface area contributed by atoms with Crippen LogP contribution in [0.1, 0.15) is 100 Å². The van der Waals surface area contributed by atoms with Crippen LogP contribution in [0.25, 0.3) is 32.7 Å². The maximum atomic E-state index is 2.84. The third-order valence-electron chi connectivity index (χ3n) is 9.02. The van der Waals surface area contributed by atoms with E-state index in [4.69, 9.17) is 0 Å². The lowest BCUT2D eigenvalue weighted by atomic mass is 9.93. The molecule has 2 nitrogen and oxygen atoms in total. The summed E-state index contributed by atoms with van der Waals surface area (Å²) in [4.78, 5) is 0. The lowest BCUT2D eigenvalue weighted by Crippen LogP contribution is -2.17. The van der Waals surface area contributed by atoms with Crippen LogP contribution in [0.4, 0.5) is 0 Å². The van der Waals surface area contributed by atoms with Crippen LogP contribution in [0.15, 0.2) is 36.4 Å². The third-order valence-corrected chi connectivity index (χ3v) is 9.02. The van der Waals surface area contributed by atoms with Gasteiger partial charge in [-0.1, -0.05) is 56.7 Å². The molecule has 0 aliphatic heterocycles. The summed E-state index contributed by atoms with van der Waals surface area (Å²) in [6.45, 7) is 0. The number of aromatic nitrogens is 2. The van der Waals surface area contributed by atoms with Gasteiger partial charge in [-0.3, -0.25) is 0 Å². The predicted octanol–water partition coefficient (Wildman–Crippen LogP) is 8.64. The van der Waals surface area contributed by atoms with E-state index in [0.29, 0.717) is 6.04 Å². The summed E-state index contributed by atoms with van der Waals surface area (Å²) in [7, 11) is 0. The minimum absolute atomic E-state index is 0.667. The van der Waals surface area contributed by atoms with Gasteiger partial charge in [-0.05, 0) is 75.1 Å². The van der Waals surface area contributed by atoms with Crippen molar-refractivity contribution in [2.75, 3.05) is 0 Å². The number of hydrogen-bond donors (Lipinski definition) is 0. The molecule has 3 aliphatic rings. The number of hydrogen-bond acceptors (Lipinski definition) is 0. The van der Waals surface area contributed by atoms with Gasteiger partial charge in [0, 0.05) is 45.0 Å². The van der Waals surface area contributed by atoms with Gasteiger partial charge in [0.15, 0.2) is 0 Å². The Kier molecular flexibility index (Phi) is 4.62. The van der Waals surface area contributed by atoms with E-state index in [2.05, 4.69) is 45.5 Å². The van der Waals surface area contributed by atoms with Crippen molar-refractivity contribution in [2.24, 2.45) is 0 Å². The van der Waals surface area contributed by atoms with E-state index >= 15 is 0 Å². The molecule has 2 heterocycles. The second-order valence-corrected chi connectivity index (χ2v) is 10.9. The maximum absolute atomic E-state index is 2.84. The van der Waals surface area contributed by atoms with E-state index in [9.17, 15) is 0 Å². The molecular weight excluding hydrogens is 388 g/mol. The second kappa shape index (κ2) is 7.68. The summed E-state index contributed by atoms with van der Waals surface area (Å²) in [5, 5.41) is 4.53. The number of benzene rings is 2. The fraction of sp³-hybridized carbons (Fsp3) is 0.533. The molecule has 2 fully saturated rings. The van der Waals surface area contributed by atoms with Crippen molar-refractivity contribution in [3.8, 4) is 0 Å². The monoisotopic (exact) mass is 424 g/mol. The van der Waals surface area contributed by atoms with Gasteiger partial charge in [-0.2, -0.15) is 0 Å². The molecule has 166 valence electrons. The molecule has 0 radical (unpaired) electrons. The Morgan fingerprint density at radius 1 is 0.531 bits per heavy atom. The normalized spacial score (nSPS) is 21.0. The van der Waals surface area contributed by atoms with Crippen LogP contribution in [0, 0.1) is 0 Å². The highest BCUT2D eigenvalue weighted by Crippen LogP contribution is 2.44. The zero-order chi connectivity index (χ0) is 21.1. The van der Waals surface area contributed by atoms with Crippen molar-refractivity contribution in [3.63, 3.8) is 0 Å². The van der Waals surface area contributed by atoms with Crippen molar-refractivity contribution in [3.05, 3.63) is 47.7 Å². The predicted molar refractivity (Wildman–Crippen MR) is 136 cm³/mol. The maximum Gasteiger partial charge on any atom is 0.0501 e. The number of aryl methyl sites for hydroxylation is 1. The SMILES string of the molecule is c1ccc2c(c1)c1cc3c(cc1n2C1CCCCC1)c1c(n3C2CCCCC2)CCCC1. The first-order valence-corrected chi connectivity index (χ1v) is 13.5. The molecule has 0 unspecified atom stereocenters. The molecule has 2 heteroatoms. The highest BCUT2D eigenvalue weighted by molar-refractivity contribution is 6.13. The third kappa shape index (κ3) is 2.84. The van der Waals surface area contributed by atoms with Crippen molar-refractivity contribution >= 4 is 32.7 Å². The van der Waals surface area contributed by atoms with E-state index in [-0.39, 0.29) is 0 Å². The molecule has 0 bridgehead atoms. The summed E-state index contributed by atoms with van der Waals surface area (Å²) in [6.07, 6.45) is 19.1. The first-order chi connectivity index (χ1) is 15.9. The molecule has 0 atom stereocenters. The van der Waals surface area contributed by atoms with Crippen LogP contribution in [0.5, 0.6) is 0 Å². The van der Waals surface area contributed by atoms with Gasteiger partial charge < -0.3 is 9.13 Å². The average Bonchev–Trinajstić information content (AvgIpc) is 3.36. The van der Waals surface area contributed by atoms with Crippen molar-refractivity contribution in [2.45, 2.75) is 102 Å². The number of nitrogens with zero attached hydrogens (tertiary/aromatic N) is 2. The molecule has 2 aromatic carbocycles. The van der Waals surface area contributed by atoms with E-state index in [1.54, 1.807) is 22.2 Å². The van der Waals surface area contributed by atoms with Crippen LogP contribution in [0.3, 0.4) is 0 Å². The highest BCUT2D eigenvalue weighted by atomic mass is 15.0. The quantitative estimate of drug-likeness (QED) is 0.305. The van der Waals surface area contributed by atoms with Gasteiger partial charge in [0.25, 0.3) is 0 Å². The van der Waals surface area contributed by atoms with Gasteiger partial charge >= 0.3 is 0 Å². The fourth-order valence-corrected chi connectivity index (χ4v) is 7.55. The van der Waals surface area contributed by atoms with Crippen LogP contribution >= 0.6 is 0 Å². The molecule has 3 aliphatic carbocycles. The Morgan fingerprint density at radius 2 is 1.16 bits per heavy atom. The van der Waals surface area contributed by atoms with Crippen LogP contribution in [0.2, 0.25) is 0 Å². The minimum atomic E-state index is 0.667. The second-order valence-electron chi connectivity index (χ2n) is 10.9. The van der Waals surface area contributed by atoms with Gasteiger partial charge in [0.2, 0.25) is 0 Å². The molecular formula is C30H36N2. The Bertz CT molecular complexity index is 1290. The number of para-hydroxylation sites is 1. The first kappa shape index (κ1) is 19.3. The van der Waals surface area contributed by atoms with Gasteiger partial charge in [-0.15, -0.1) is 0 Å². The van der Waals surface area contributed by atoms with Crippen molar-refractivity contribution in [1.82, 2.24) is 9.13 Å². The molecule has 4 aromatic rings. The molecule has 32 heavy (non-hydrogen) atoms. The van der Waals surface area contributed by atoms with Crippen LogP contribution in [-0.2, 0) is 12.8 Å². The van der Waals surface area contributed by atoms with Gasteiger partial charge in [0.05, 0.1) is 5.52 Å². The van der Waals surface area contributed by atoms with Crippen LogP contribution in [-0.4, -0.2) is 9.13 Å². The lowest BCUT2D eigenvalue weighted by molar-refractivity contribution is 0.351. The topological polar surface area (TPSA) is 9.86 Å². The molecule has 7 rings (SSSR count). The molecule has 2 aromatic heterocycles. The summed E-state index contributed by atoms with van der Waals surface area (Å²) in [6, 6.07) is 15.8. The van der Waals surface area contributed by atoms with E-state index < -0.39 is 0 Å². The average molecular weight is 425 g/mol. The Labute approximate surface area is 191 Å². The largest absolute Gasteiger partial charge is 0.341 e. The standard InChI is InChI=1S/C30H36N2/c1-3-11-21(12-4-1)31-27-17-9-7-15-23(27)25-20-30-26(19-29(25)31)24-16-8-10-18-28(24)32(30)22-13-5-2-6-14-22/h7,9,15,17,19-22H,1-6,8,10-14,16,18H2. The Morgan fingerprint density at radius 3 is 1.94 bits per heavy atom. The summed E-state index contributed by atoms with van der Waals surface area (Å²) in [5.74, 6) is 0. The summed E-state index contributed by atoms with van der Waals surface area (Å²) in [5.41, 5.74) is 7.89. The first-order valence-electron chi connectivity index (χ1n) is 13.5. The smallest absolute Gasteiger partial charge is 0.0501 e. The Hall–Kier alpha value is -2.22.